The van der Waals surface area contributed by atoms with Gasteiger partial charge in [0.05, 0.1) is 17.6 Å². The molecule has 1 N–H and O–H groups in total. The first kappa shape index (κ1) is 20.3. The van der Waals surface area contributed by atoms with Crippen LogP contribution in [-0.2, 0) is 14.8 Å². The summed E-state index contributed by atoms with van der Waals surface area (Å²) in [6.07, 6.45) is 1.07. The molecule has 0 aliphatic rings. The van der Waals surface area contributed by atoms with Crippen molar-refractivity contribution in [1.82, 2.24) is 0 Å². The Balaban J connectivity index is 1.99. The molecule has 26 heavy (non-hydrogen) atoms. The topological polar surface area (TPSA) is 66.5 Å². The third-order valence-corrected chi connectivity index (χ3v) is 5.16. The fourth-order valence-electron chi connectivity index (χ4n) is 2.31. The number of halogens is 3. The standard InChI is InChI=1S/C17H17BrF2N2O3S/c1-26(24,25)22(16-6-3-2-5-13(16)19)10-4-7-17(23)21-15-9-8-12(18)11-14(15)20/h2-3,5-6,8-9,11H,4,7,10H2,1H3,(H,21,23). The summed E-state index contributed by atoms with van der Waals surface area (Å²) in [5.74, 6) is -1.72. The molecule has 2 aromatic carbocycles. The van der Waals surface area contributed by atoms with E-state index in [0.717, 1.165) is 16.6 Å². The highest BCUT2D eigenvalue weighted by atomic mass is 79.9. The molecule has 0 radical (unpaired) electrons. The van der Waals surface area contributed by atoms with E-state index in [4.69, 9.17) is 0 Å². The Bertz CT molecular complexity index is 907. The second-order valence-corrected chi connectivity index (χ2v) is 8.38. The lowest BCUT2D eigenvalue weighted by atomic mass is 10.2. The van der Waals surface area contributed by atoms with E-state index in [1.54, 1.807) is 6.07 Å². The van der Waals surface area contributed by atoms with Crippen molar-refractivity contribution in [3.63, 3.8) is 0 Å². The Morgan fingerprint density at radius 1 is 1.15 bits per heavy atom. The molecule has 0 bridgehead atoms. The van der Waals surface area contributed by atoms with E-state index in [1.165, 1.54) is 30.3 Å². The number of amides is 1. The number of carbonyl (C=O) groups excluding carboxylic acids is 1. The molecule has 0 heterocycles. The molecule has 140 valence electrons. The molecule has 5 nitrogen and oxygen atoms in total. The second kappa shape index (κ2) is 8.59. The van der Waals surface area contributed by atoms with E-state index in [1.807, 2.05) is 0 Å². The van der Waals surface area contributed by atoms with Crippen molar-refractivity contribution in [1.29, 1.82) is 0 Å². The van der Waals surface area contributed by atoms with Gasteiger partial charge in [-0.3, -0.25) is 9.10 Å². The first-order valence-corrected chi connectivity index (χ1v) is 10.3. The van der Waals surface area contributed by atoms with Crippen LogP contribution in [0.2, 0.25) is 0 Å². The molecule has 0 atom stereocenters. The van der Waals surface area contributed by atoms with Gasteiger partial charge in [-0.05, 0) is 36.8 Å². The van der Waals surface area contributed by atoms with Gasteiger partial charge >= 0.3 is 0 Å². The van der Waals surface area contributed by atoms with Crippen molar-refractivity contribution in [3.8, 4) is 0 Å². The molecule has 0 fully saturated rings. The number of benzene rings is 2. The number of hydrogen-bond donors (Lipinski definition) is 1. The fraction of sp³-hybridized carbons (Fsp3) is 0.235. The predicted octanol–water partition coefficient (Wildman–Crippen LogP) is 3.91. The van der Waals surface area contributed by atoms with Gasteiger partial charge in [0.2, 0.25) is 15.9 Å². The van der Waals surface area contributed by atoms with Crippen LogP contribution in [-0.4, -0.2) is 27.1 Å². The molecule has 9 heteroatoms. The van der Waals surface area contributed by atoms with E-state index in [0.29, 0.717) is 4.47 Å². The highest BCUT2D eigenvalue weighted by Gasteiger charge is 2.20. The summed E-state index contributed by atoms with van der Waals surface area (Å²) in [6.45, 7) is -0.0734. The van der Waals surface area contributed by atoms with Crippen molar-refractivity contribution < 1.29 is 22.0 Å². The number of sulfonamides is 1. The quantitative estimate of drug-likeness (QED) is 0.700. The molecule has 0 aliphatic carbocycles. The summed E-state index contributed by atoms with van der Waals surface area (Å²) in [7, 11) is -3.71. The summed E-state index contributed by atoms with van der Waals surface area (Å²) in [6, 6.07) is 9.73. The number of nitrogens with one attached hydrogen (secondary N) is 1. The van der Waals surface area contributed by atoms with Crippen LogP contribution in [0.3, 0.4) is 0 Å². The third kappa shape index (κ3) is 5.50. The number of para-hydroxylation sites is 1. The van der Waals surface area contributed by atoms with Gasteiger partial charge in [-0.1, -0.05) is 28.1 Å². The van der Waals surface area contributed by atoms with Gasteiger partial charge in [-0.25, -0.2) is 17.2 Å². The first-order valence-electron chi connectivity index (χ1n) is 7.65. The molecular weight excluding hydrogens is 430 g/mol. The average molecular weight is 447 g/mol. The minimum atomic E-state index is -3.71. The molecule has 2 aromatic rings. The van der Waals surface area contributed by atoms with Crippen molar-refractivity contribution in [2.75, 3.05) is 22.4 Å². The van der Waals surface area contributed by atoms with E-state index in [2.05, 4.69) is 21.2 Å². The van der Waals surface area contributed by atoms with Crippen molar-refractivity contribution >= 4 is 43.2 Å². The van der Waals surface area contributed by atoms with Crippen LogP contribution < -0.4 is 9.62 Å². The number of hydrogen-bond acceptors (Lipinski definition) is 3. The summed E-state index contributed by atoms with van der Waals surface area (Å²) >= 11 is 3.12. The van der Waals surface area contributed by atoms with Crippen LogP contribution in [0.15, 0.2) is 46.9 Å². The van der Waals surface area contributed by atoms with Gasteiger partial charge in [0.25, 0.3) is 0 Å². The minimum absolute atomic E-state index is 0.0345. The van der Waals surface area contributed by atoms with Crippen LogP contribution in [0.5, 0.6) is 0 Å². The Labute approximate surface area is 159 Å². The van der Waals surface area contributed by atoms with Gasteiger partial charge in [-0.15, -0.1) is 0 Å². The van der Waals surface area contributed by atoms with Crippen molar-refractivity contribution in [2.45, 2.75) is 12.8 Å². The SMILES string of the molecule is CS(=O)(=O)N(CCCC(=O)Nc1ccc(Br)cc1F)c1ccccc1F. The Morgan fingerprint density at radius 2 is 1.85 bits per heavy atom. The summed E-state index contributed by atoms with van der Waals surface area (Å²) < 4.78 is 52.9. The van der Waals surface area contributed by atoms with Crippen LogP contribution in [0.1, 0.15) is 12.8 Å². The number of carbonyl (C=O) groups is 1. The van der Waals surface area contributed by atoms with Gasteiger partial charge < -0.3 is 5.32 Å². The summed E-state index contributed by atoms with van der Waals surface area (Å²) in [5, 5.41) is 2.42. The molecular formula is C17H17BrF2N2O3S. The molecule has 0 unspecified atom stereocenters. The molecule has 1 amide bonds. The number of nitrogens with zero attached hydrogens (tertiary/aromatic N) is 1. The first-order chi connectivity index (χ1) is 12.2. The monoisotopic (exact) mass is 446 g/mol. The van der Waals surface area contributed by atoms with Crippen molar-refractivity contribution in [3.05, 3.63) is 58.6 Å². The summed E-state index contributed by atoms with van der Waals surface area (Å²) in [4.78, 5) is 12.0. The molecule has 0 aromatic heterocycles. The van der Waals surface area contributed by atoms with Gasteiger partial charge in [0, 0.05) is 17.4 Å². The van der Waals surface area contributed by atoms with E-state index >= 15 is 0 Å². The van der Waals surface area contributed by atoms with E-state index < -0.39 is 27.6 Å². The normalized spacial score (nSPS) is 11.2. The zero-order valence-corrected chi connectivity index (χ0v) is 16.3. The molecule has 2 rings (SSSR count). The van der Waals surface area contributed by atoms with Gasteiger partial charge in [-0.2, -0.15) is 0 Å². The van der Waals surface area contributed by atoms with Crippen LogP contribution in [0, 0.1) is 11.6 Å². The zero-order valence-electron chi connectivity index (χ0n) is 13.9. The highest BCUT2D eigenvalue weighted by molar-refractivity contribution is 9.10. The van der Waals surface area contributed by atoms with Gasteiger partial charge in [0.1, 0.15) is 11.6 Å². The lowest BCUT2D eigenvalue weighted by Gasteiger charge is -2.22. The van der Waals surface area contributed by atoms with Crippen LogP contribution in [0.4, 0.5) is 20.2 Å². The Hall–Kier alpha value is -2.00. The zero-order chi connectivity index (χ0) is 19.3. The van der Waals surface area contributed by atoms with Crippen molar-refractivity contribution in [2.24, 2.45) is 0 Å². The number of rotatable bonds is 7. The van der Waals surface area contributed by atoms with Gasteiger partial charge in [0.15, 0.2) is 0 Å². The fourth-order valence-corrected chi connectivity index (χ4v) is 3.60. The molecule has 0 aliphatic heterocycles. The largest absolute Gasteiger partial charge is 0.324 e. The second-order valence-electron chi connectivity index (χ2n) is 5.56. The van der Waals surface area contributed by atoms with Crippen LogP contribution in [0.25, 0.3) is 0 Å². The molecule has 0 saturated heterocycles. The highest BCUT2D eigenvalue weighted by Crippen LogP contribution is 2.22. The lowest BCUT2D eigenvalue weighted by Crippen LogP contribution is -2.32. The molecule has 0 spiro atoms. The average Bonchev–Trinajstić information content (AvgIpc) is 2.54. The van der Waals surface area contributed by atoms with E-state index in [-0.39, 0.29) is 30.8 Å². The lowest BCUT2D eigenvalue weighted by molar-refractivity contribution is -0.116. The maximum atomic E-state index is 13.9. The Morgan fingerprint density at radius 3 is 2.46 bits per heavy atom. The minimum Gasteiger partial charge on any atom is -0.324 e. The van der Waals surface area contributed by atoms with Crippen LogP contribution >= 0.6 is 15.9 Å². The maximum Gasteiger partial charge on any atom is 0.232 e. The smallest absolute Gasteiger partial charge is 0.232 e. The van der Waals surface area contributed by atoms with E-state index in [9.17, 15) is 22.0 Å². The molecule has 0 saturated carbocycles. The predicted molar refractivity (Wildman–Crippen MR) is 101 cm³/mol. The number of anilines is 2. The summed E-state index contributed by atoms with van der Waals surface area (Å²) in [5.41, 5.74) is -0.0402. The third-order valence-electron chi connectivity index (χ3n) is 3.49. The Kier molecular flexibility index (Phi) is 6.71. The maximum absolute atomic E-state index is 13.9.